The Hall–Kier alpha value is -2.56. The van der Waals surface area contributed by atoms with Crippen LogP contribution in [0.1, 0.15) is 226 Å². The molecule has 372 valence electrons. The largest absolute Gasteiger partial charge is 0.472 e. The molecule has 0 radical (unpaired) electrons. The fourth-order valence-electron chi connectivity index (χ4n) is 6.70. The number of rotatable bonds is 47. The van der Waals surface area contributed by atoms with Crippen molar-refractivity contribution < 1.29 is 52.2 Å². The first-order valence-electron chi connectivity index (χ1n) is 25.5. The lowest BCUT2D eigenvalue weighted by Crippen LogP contribution is -2.30. The highest BCUT2D eigenvalue weighted by Crippen LogP contribution is 2.43. The number of esters is 3. The van der Waals surface area contributed by atoms with Crippen molar-refractivity contribution in [3.8, 4) is 0 Å². The number of hydrogen-bond donors (Lipinski definition) is 2. The molecular formula is C52H93O11P. The first-order valence-corrected chi connectivity index (χ1v) is 27.0. The third-order valence-electron chi connectivity index (χ3n) is 10.7. The van der Waals surface area contributed by atoms with E-state index in [1.54, 1.807) is 0 Å². The molecule has 0 aromatic rings. The average Bonchev–Trinajstić information content (AvgIpc) is 3.28. The van der Waals surface area contributed by atoms with E-state index in [0.29, 0.717) is 19.3 Å². The van der Waals surface area contributed by atoms with Gasteiger partial charge in [-0.25, -0.2) is 4.57 Å². The number of carbonyl (C=O) groups is 3. The maximum Gasteiger partial charge on any atom is 0.472 e. The second-order valence-electron chi connectivity index (χ2n) is 17.0. The van der Waals surface area contributed by atoms with E-state index in [2.05, 4.69) is 69.4 Å². The number of unbranched alkanes of at least 4 members (excludes halogenated alkanes) is 22. The maximum absolute atomic E-state index is 12.8. The number of aliphatic hydroxyl groups is 1. The summed E-state index contributed by atoms with van der Waals surface area (Å²) in [4.78, 5) is 48.2. The monoisotopic (exact) mass is 925 g/mol. The van der Waals surface area contributed by atoms with Crippen molar-refractivity contribution in [2.75, 3.05) is 26.4 Å². The lowest BCUT2D eigenvalue weighted by Gasteiger charge is -2.21. The van der Waals surface area contributed by atoms with Gasteiger partial charge in [-0.1, -0.05) is 166 Å². The first kappa shape index (κ1) is 61.4. The van der Waals surface area contributed by atoms with Crippen molar-refractivity contribution in [3.63, 3.8) is 0 Å². The molecule has 12 heteroatoms. The fourth-order valence-corrected chi connectivity index (χ4v) is 7.48. The van der Waals surface area contributed by atoms with E-state index in [0.717, 1.165) is 122 Å². The fraction of sp³-hybridized carbons (Fsp3) is 0.788. The summed E-state index contributed by atoms with van der Waals surface area (Å²) in [5.74, 6) is -1.50. The van der Waals surface area contributed by atoms with Crippen LogP contribution in [0.25, 0.3) is 0 Å². The third kappa shape index (κ3) is 44.6. The third-order valence-corrected chi connectivity index (χ3v) is 11.6. The van der Waals surface area contributed by atoms with Crippen molar-refractivity contribution >= 4 is 25.7 Å². The maximum atomic E-state index is 12.8. The Morgan fingerprint density at radius 1 is 0.438 bits per heavy atom. The van der Waals surface area contributed by atoms with Gasteiger partial charge in [0.25, 0.3) is 0 Å². The molecule has 3 atom stereocenters. The Labute approximate surface area is 390 Å². The summed E-state index contributed by atoms with van der Waals surface area (Å²) in [5.41, 5.74) is 0. The number of allylic oxidation sites excluding steroid dienone is 8. The quantitative estimate of drug-likeness (QED) is 0.0197. The average molecular weight is 925 g/mol. The highest BCUT2D eigenvalue weighted by atomic mass is 31.2. The Kier molecular flexibility index (Phi) is 45.1. The van der Waals surface area contributed by atoms with Gasteiger partial charge in [0.1, 0.15) is 12.7 Å². The Balaban J connectivity index is 4.78. The molecule has 0 aliphatic carbocycles. The standard InChI is InChI=1S/C52H93O11P/c1-4-7-10-13-16-19-22-23-24-25-28-31-34-37-40-43-52(56)63-49(45-59-50(54)41-38-35-32-29-26-20-17-14-11-8-5-2)47-61-64(57,58)60-46-48(44-53)62-51(55)42-39-36-33-30-27-21-18-15-12-9-6-3/h14-19,23-24,48-49,53H,4-13,20-22,25-47H2,1-3H3,(H,57,58)/b17-14-,18-15-,19-16-,24-23-. The molecule has 0 amide bonds. The molecule has 0 rings (SSSR count). The second-order valence-corrected chi connectivity index (χ2v) is 18.4. The Morgan fingerprint density at radius 3 is 1.22 bits per heavy atom. The number of carbonyl (C=O) groups excluding carboxylic acids is 3. The molecule has 0 bridgehead atoms. The Morgan fingerprint density at radius 2 is 0.781 bits per heavy atom. The van der Waals surface area contributed by atoms with Crippen LogP contribution in [0.4, 0.5) is 0 Å². The van der Waals surface area contributed by atoms with Gasteiger partial charge in [-0.15, -0.1) is 0 Å². The normalized spacial score (nSPS) is 13.9. The van der Waals surface area contributed by atoms with Gasteiger partial charge in [0, 0.05) is 19.3 Å². The van der Waals surface area contributed by atoms with E-state index >= 15 is 0 Å². The van der Waals surface area contributed by atoms with Crippen molar-refractivity contribution in [3.05, 3.63) is 48.6 Å². The molecule has 0 spiro atoms. The molecule has 0 saturated heterocycles. The van der Waals surface area contributed by atoms with Gasteiger partial charge < -0.3 is 24.2 Å². The first-order chi connectivity index (χ1) is 31.2. The summed E-state index contributed by atoms with van der Waals surface area (Å²) in [6.07, 6.45) is 46.5. The summed E-state index contributed by atoms with van der Waals surface area (Å²) in [7, 11) is -4.74. The molecule has 0 saturated carbocycles. The van der Waals surface area contributed by atoms with Crippen LogP contribution in [-0.4, -0.2) is 66.5 Å². The molecule has 2 N–H and O–H groups in total. The van der Waals surface area contributed by atoms with Crippen LogP contribution in [0.15, 0.2) is 48.6 Å². The number of phosphoric acid groups is 1. The zero-order valence-corrected chi connectivity index (χ0v) is 41.6. The van der Waals surface area contributed by atoms with Crippen LogP contribution in [-0.2, 0) is 42.2 Å². The number of ether oxygens (including phenoxy) is 3. The van der Waals surface area contributed by atoms with Crippen LogP contribution >= 0.6 is 7.82 Å². The minimum absolute atomic E-state index is 0.150. The van der Waals surface area contributed by atoms with Crippen LogP contribution in [0.3, 0.4) is 0 Å². The van der Waals surface area contributed by atoms with Crippen molar-refractivity contribution in [1.82, 2.24) is 0 Å². The predicted octanol–water partition coefficient (Wildman–Crippen LogP) is 14.2. The summed E-state index contributed by atoms with van der Waals surface area (Å²) in [6.45, 7) is 4.49. The van der Waals surface area contributed by atoms with Crippen molar-refractivity contribution in [1.29, 1.82) is 0 Å². The van der Waals surface area contributed by atoms with Gasteiger partial charge in [0.15, 0.2) is 6.10 Å². The minimum Gasteiger partial charge on any atom is -0.462 e. The molecule has 0 aliphatic rings. The van der Waals surface area contributed by atoms with E-state index in [-0.39, 0.29) is 25.9 Å². The predicted molar refractivity (Wildman–Crippen MR) is 261 cm³/mol. The van der Waals surface area contributed by atoms with Gasteiger partial charge in [0.05, 0.1) is 19.8 Å². The van der Waals surface area contributed by atoms with Gasteiger partial charge in [-0.05, 0) is 89.9 Å². The van der Waals surface area contributed by atoms with Crippen molar-refractivity contribution in [2.24, 2.45) is 0 Å². The van der Waals surface area contributed by atoms with Crippen LogP contribution in [0, 0.1) is 0 Å². The highest BCUT2D eigenvalue weighted by Gasteiger charge is 2.28. The van der Waals surface area contributed by atoms with Gasteiger partial charge in [-0.3, -0.25) is 23.4 Å². The summed E-state index contributed by atoms with van der Waals surface area (Å²) in [5, 5.41) is 9.75. The summed E-state index contributed by atoms with van der Waals surface area (Å²) >= 11 is 0. The molecule has 0 heterocycles. The van der Waals surface area contributed by atoms with Crippen LogP contribution < -0.4 is 0 Å². The molecular weight excluding hydrogens is 832 g/mol. The lowest BCUT2D eigenvalue weighted by molar-refractivity contribution is -0.161. The molecule has 0 aromatic carbocycles. The summed E-state index contributed by atoms with van der Waals surface area (Å²) in [6, 6.07) is 0. The molecule has 0 aromatic heterocycles. The van der Waals surface area contributed by atoms with E-state index in [1.807, 2.05) is 0 Å². The van der Waals surface area contributed by atoms with Gasteiger partial charge >= 0.3 is 25.7 Å². The van der Waals surface area contributed by atoms with E-state index in [1.165, 1.54) is 44.9 Å². The molecule has 64 heavy (non-hydrogen) atoms. The van der Waals surface area contributed by atoms with Crippen LogP contribution in [0.5, 0.6) is 0 Å². The second kappa shape index (κ2) is 47.0. The minimum atomic E-state index is -4.74. The zero-order valence-electron chi connectivity index (χ0n) is 40.7. The molecule has 11 nitrogen and oxygen atoms in total. The van der Waals surface area contributed by atoms with E-state index < -0.39 is 57.8 Å². The number of phosphoric ester groups is 1. The van der Waals surface area contributed by atoms with Gasteiger partial charge in [-0.2, -0.15) is 0 Å². The molecule has 3 unspecified atom stereocenters. The number of aliphatic hydroxyl groups excluding tert-OH is 1. The number of hydrogen-bond acceptors (Lipinski definition) is 10. The lowest BCUT2D eigenvalue weighted by atomic mass is 10.1. The van der Waals surface area contributed by atoms with E-state index in [4.69, 9.17) is 23.3 Å². The van der Waals surface area contributed by atoms with Gasteiger partial charge in [0.2, 0.25) is 0 Å². The molecule has 0 fully saturated rings. The van der Waals surface area contributed by atoms with Crippen LogP contribution in [0.2, 0.25) is 0 Å². The zero-order chi connectivity index (χ0) is 47.0. The van der Waals surface area contributed by atoms with Crippen molar-refractivity contribution in [2.45, 2.75) is 238 Å². The highest BCUT2D eigenvalue weighted by molar-refractivity contribution is 7.47. The molecule has 0 aliphatic heterocycles. The summed E-state index contributed by atoms with van der Waals surface area (Å²) < 4.78 is 39.3. The Bertz CT molecular complexity index is 1260. The smallest absolute Gasteiger partial charge is 0.462 e. The topological polar surface area (TPSA) is 155 Å². The SMILES string of the molecule is CCCC/C=C\CCCCCCCC(=O)OCC(COP(=O)(O)OCC(CO)OC(=O)CCCCCCC/C=C\CCCC)OC(=O)CCCCCCC/C=C\C/C=C\CCCCC. The van der Waals surface area contributed by atoms with E-state index in [9.17, 15) is 28.9 Å².